The summed E-state index contributed by atoms with van der Waals surface area (Å²) < 4.78 is 4.94. The van der Waals surface area contributed by atoms with Crippen molar-refractivity contribution in [2.45, 2.75) is 26.7 Å². The number of hydrogen-bond donors (Lipinski definition) is 2. The largest absolute Gasteiger partial charge is 0.359 e. The molecule has 0 fully saturated rings. The molecule has 0 spiro atoms. The first-order valence-corrected chi connectivity index (χ1v) is 7.06. The van der Waals surface area contributed by atoms with Crippen molar-refractivity contribution in [3.8, 4) is 0 Å². The predicted octanol–water partition coefficient (Wildman–Crippen LogP) is 2.15. The minimum absolute atomic E-state index is 0.122. The second kappa shape index (κ2) is 6.89. The Labute approximate surface area is 128 Å². The number of hydrogen-bond acceptors (Lipinski definition) is 4. The number of aromatic nitrogens is 1. The van der Waals surface area contributed by atoms with Crippen LogP contribution < -0.4 is 10.6 Å². The lowest BCUT2D eigenvalue weighted by Gasteiger charge is -2.12. The average molecular weight is 301 g/mol. The van der Waals surface area contributed by atoms with Gasteiger partial charge in [0.05, 0.1) is 0 Å². The summed E-state index contributed by atoms with van der Waals surface area (Å²) >= 11 is 0. The standard InChI is InChI=1S/C16H19N3O3/c1-10(13-7-5-4-6-8-13)9-17-15(20)16(21)18-14-11(2)19-22-12(14)3/h4-8,10H,9H2,1-3H3,(H,17,20)(H,18,21). The molecule has 0 aliphatic carbocycles. The molecule has 1 unspecified atom stereocenters. The van der Waals surface area contributed by atoms with Gasteiger partial charge in [-0.25, -0.2) is 0 Å². The Balaban J connectivity index is 1.88. The fraction of sp³-hybridized carbons (Fsp3) is 0.312. The van der Waals surface area contributed by atoms with E-state index in [1.807, 2.05) is 37.3 Å². The predicted molar refractivity (Wildman–Crippen MR) is 82.5 cm³/mol. The van der Waals surface area contributed by atoms with Crippen molar-refractivity contribution in [1.29, 1.82) is 0 Å². The Bertz CT molecular complexity index is 645. The fourth-order valence-corrected chi connectivity index (χ4v) is 2.06. The van der Waals surface area contributed by atoms with Crippen LogP contribution in [0.5, 0.6) is 0 Å². The molecular weight excluding hydrogens is 282 g/mol. The molecule has 0 radical (unpaired) electrons. The highest BCUT2D eigenvalue weighted by Crippen LogP contribution is 2.18. The molecule has 2 aromatic rings. The molecule has 6 heteroatoms. The zero-order chi connectivity index (χ0) is 16.1. The molecule has 0 aliphatic rings. The summed E-state index contributed by atoms with van der Waals surface area (Å²) in [4.78, 5) is 23.7. The molecule has 2 amide bonds. The van der Waals surface area contributed by atoms with E-state index in [2.05, 4.69) is 15.8 Å². The van der Waals surface area contributed by atoms with Crippen molar-refractivity contribution in [3.05, 3.63) is 47.3 Å². The fourth-order valence-electron chi connectivity index (χ4n) is 2.06. The Morgan fingerprint density at radius 1 is 1.18 bits per heavy atom. The van der Waals surface area contributed by atoms with E-state index in [1.54, 1.807) is 13.8 Å². The van der Waals surface area contributed by atoms with Crippen molar-refractivity contribution in [3.63, 3.8) is 0 Å². The van der Waals surface area contributed by atoms with Crippen LogP contribution in [0, 0.1) is 13.8 Å². The van der Waals surface area contributed by atoms with E-state index in [4.69, 9.17) is 4.52 Å². The van der Waals surface area contributed by atoms with Gasteiger partial charge in [0.2, 0.25) is 0 Å². The number of nitrogens with zero attached hydrogens (tertiary/aromatic N) is 1. The SMILES string of the molecule is Cc1noc(C)c1NC(=O)C(=O)NCC(C)c1ccccc1. The van der Waals surface area contributed by atoms with Crippen molar-refractivity contribution in [2.24, 2.45) is 0 Å². The van der Waals surface area contributed by atoms with Gasteiger partial charge in [0.15, 0.2) is 5.76 Å². The number of carbonyl (C=O) groups is 2. The number of rotatable bonds is 4. The lowest BCUT2D eigenvalue weighted by atomic mass is 10.0. The first kappa shape index (κ1) is 15.8. The van der Waals surface area contributed by atoms with Gasteiger partial charge in [-0.1, -0.05) is 42.4 Å². The smallest absolute Gasteiger partial charge is 0.313 e. The number of aryl methyl sites for hydroxylation is 2. The maximum atomic E-state index is 11.9. The lowest BCUT2D eigenvalue weighted by Crippen LogP contribution is -2.37. The van der Waals surface area contributed by atoms with E-state index in [0.29, 0.717) is 23.7 Å². The molecule has 6 nitrogen and oxygen atoms in total. The molecule has 0 saturated carbocycles. The van der Waals surface area contributed by atoms with Crippen LogP contribution in [0.1, 0.15) is 29.9 Å². The maximum absolute atomic E-state index is 11.9. The van der Waals surface area contributed by atoms with E-state index >= 15 is 0 Å². The zero-order valence-corrected chi connectivity index (χ0v) is 12.8. The normalized spacial score (nSPS) is 11.8. The molecule has 1 atom stereocenters. The third-order valence-electron chi connectivity index (χ3n) is 3.42. The molecule has 2 rings (SSSR count). The Kier molecular flexibility index (Phi) is 4.93. The monoisotopic (exact) mass is 301 g/mol. The van der Waals surface area contributed by atoms with Crippen molar-refractivity contribution < 1.29 is 14.1 Å². The summed E-state index contributed by atoms with van der Waals surface area (Å²) in [6, 6.07) is 9.79. The summed E-state index contributed by atoms with van der Waals surface area (Å²) in [6.45, 7) is 5.74. The van der Waals surface area contributed by atoms with Gasteiger partial charge in [-0.3, -0.25) is 9.59 Å². The Morgan fingerprint density at radius 3 is 2.45 bits per heavy atom. The van der Waals surface area contributed by atoms with Crippen molar-refractivity contribution >= 4 is 17.5 Å². The molecular formula is C16H19N3O3. The van der Waals surface area contributed by atoms with Crippen LogP contribution in [0.25, 0.3) is 0 Å². The van der Waals surface area contributed by atoms with Crippen molar-refractivity contribution in [1.82, 2.24) is 10.5 Å². The number of amides is 2. The average Bonchev–Trinajstić information content (AvgIpc) is 2.84. The van der Waals surface area contributed by atoms with Crippen LogP contribution in [0.15, 0.2) is 34.9 Å². The third-order valence-corrected chi connectivity index (χ3v) is 3.42. The van der Waals surface area contributed by atoms with Crippen LogP contribution >= 0.6 is 0 Å². The highest BCUT2D eigenvalue weighted by molar-refractivity contribution is 6.39. The van der Waals surface area contributed by atoms with Gasteiger partial charge in [-0.15, -0.1) is 0 Å². The summed E-state index contributed by atoms with van der Waals surface area (Å²) in [5.41, 5.74) is 2.08. The van der Waals surface area contributed by atoms with Crippen LogP contribution in [-0.2, 0) is 9.59 Å². The Hall–Kier alpha value is -2.63. The second-order valence-corrected chi connectivity index (χ2v) is 5.18. The van der Waals surface area contributed by atoms with E-state index in [1.165, 1.54) is 0 Å². The third kappa shape index (κ3) is 3.72. The van der Waals surface area contributed by atoms with Gasteiger partial charge >= 0.3 is 11.8 Å². The van der Waals surface area contributed by atoms with Crippen LogP contribution in [0.2, 0.25) is 0 Å². The number of carbonyl (C=O) groups excluding carboxylic acids is 2. The molecule has 0 bridgehead atoms. The first-order valence-electron chi connectivity index (χ1n) is 7.06. The first-order chi connectivity index (χ1) is 10.5. The van der Waals surface area contributed by atoms with Gasteiger partial charge in [0.25, 0.3) is 0 Å². The summed E-state index contributed by atoms with van der Waals surface area (Å²) in [7, 11) is 0. The second-order valence-electron chi connectivity index (χ2n) is 5.18. The minimum atomic E-state index is -0.727. The number of nitrogens with one attached hydrogen (secondary N) is 2. The quantitative estimate of drug-likeness (QED) is 0.847. The molecule has 116 valence electrons. The van der Waals surface area contributed by atoms with Gasteiger partial charge in [-0.05, 0) is 25.3 Å². The van der Waals surface area contributed by atoms with Crippen molar-refractivity contribution in [2.75, 3.05) is 11.9 Å². The summed E-state index contributed by atoms with van der Waals surface area (Å²) in [5, 5.41) is 8.87. The number of benzene rings is 1. The molecule has 0 aliphatic heterocycles. The molecule has 22 heavy (non-hydrogen) atoms. The highest BCUT2D eigenvalue weighted by atomic mass is 16.5. The summed E-state index contributed by atoms with van der Waals surface area (Å²) in [5.74, 6) is -0.814. The van der Waals surface area contributed by atoms with E-state index in [9.17, 15) is 9.59 Å². The lowest BCUT2D eigenvalue weighted by molar-refractivity contribution is -0.136. The maximum Gasteiger partial charge on any atom is 0.313 e. The van der Waals surface area contributed by atoms with Crippen LogP contribution in [0.3, 0.4) is 0 Å². The molecule has 2 N–H and O–H groups in total. The molecule has 1 aromatic carbocycles. The number of anilines is 1. The highest BCUT2D eigenvalue weighted by Gasteiger charge is 2.19. The van der Waals surface area contributed by atoms with Crippen LogP contribution in [0.4, 0.5) is 5.69 Å². The zero-order valence-electron chi connectivity index (χ0n) is 12.8. The topological polar surface area (TPSA) is 84.2 Å². The van der Waals surface area contributed by atoms with E-state index < -0.39 is 11.8 Å². The van der Waals surface area contributed by atoms with Crippen LogP contribution in [-0.4, -0.2) is 23.5 Å². The van der Waals surface area contributed by atoms with E-state index in [0.717, 1.165) is 5.56 Å². The van der Waals surface area contributed by atoms with Gasteiger partial charge in [0.1, 0.15) is 11.4 Å². The Morgan fingerprint density at radius 2 is 1.86 bits per heavy atom. The van der Waals surface area contributed by atoms with Gasteiger partial charge in [0, 0.05) is 6.54 Å². The van der Waals surface area contributed by atoms with Gasteiger partial charge in [-0.2, -0.15) is 0 Å². The minimum Gasteiger partial charge on any atom is -0.359 e. The van der Waals surface area contributed by atoms with E-state index in [-0.39, 0.29) is 5.92 Å². The molecule has 1 aromatic heterocycles. The summed E-state index contributed by atoms with van der Waals surface area (Å²) in [6.07, 6.45) is 0. The van der Waals surface area contributed by atoms with Gasteiger partial charge < -0.3 is 15.2 Å². The molecule has 0 saturated heterocycles. The molecule has 1 heterocycles.